The highest BCUT2D eigenvalue weighted by Gasteiger charge is 2.21. The molecule has 2 heterocycles. The minimum absolute atomic E-state index is 0.00729. The van der Waals surface area contributed by atoms with E-state index in [1.165, 1.54) is 18.9 Å². The van der Waals surface area contributed by atoms with E-state index < -0.39 is 5.97 Å². The Morgan fingerprint density at radius 2 is 1.94 bits per heavy atom. The molecule has 2 aromatic heterocycles. The van der Waals surface area contributed by atoms with Crippen molar-refractivity contribution >= 4 is 40.2 Å². The summed E-state index contributed by atoms with van der Waals surface area (Å²) in [6.45, 7) is 2.05. The van der Waals surface area contributed by atoms with Gasteiger partial charge in [-0.05, 0) is 63.5 Å². The summed E-state index contributed by atoms with van der Waals surface area (Å²) in [4.78, 5) is 33.8. The first-order valence-electron chi connectivity index (χ1n) is 10.4. The van der Waals surface area contributed by atoms with Crippen molar-refractivity contribution < 1.29 is 9.53 Å². The van der Waals surface area contributed by atoms with Crippen LogP contribution in [-0.2, 0) is 10.5 Å². The number of hydrogen-bond donors (Lipinski definition) is 1. The lowest BCUT2D eigenvalue weighted by molar-refractivity contribution is 0.0601. The van der Waals surface area contributed by atoms with E-state index >= 15 is 0 Å². The van der Waals surface area contributed by atoms with Gasteiger partial charge < -0.3 is 9.72 Å². The third-order valence-electron chi connectivity index (χ3n) is 5.41. The Bertz CT molecular complexity index is 1400. The summed E-state index contributed by atoms with van der Waals surface area (Å²) in [6, 6.07) is 12.1. The summed E-state index contributed by atoms with van der Waals surface area (Å²) < 4.78 is 6.74. The van der Waals surface area contributed by atoms with Crippen LogP contribution in [0.3, 0.4) is 0 Å². The van der Waals surface area contributed by atoms with Crippen LogP contribution in [0.5, 0.6) is 0 Å². The van der Waals surface area contributed by atoms with Crippen LogP contribution in [0.15, 0.2) is 52.4 Å². The molecule has 11 heteroatoms. The number of methoxy groups -OCH3 is 1. The topological polar surface area (TPSA) is 106 Å². The molecule has 0 spiro atoms. The lowest BCUT2D eigenvalue weighted by Gasteiger charge is -2.20. The number of carbonyl (C=O) groups is 1. The van der Waals surface area contributed by atoms with Crippen molar-refractivity contribution in [2.45, 2.75) is 23.9 Å². The number of rotatable bonds is 7. The Labute approximate surface area is 205 Å². The molecular formula is C23H23ClN6O3S. The molecule has 4 rings (SSSR count). The first-order valence-corrected chi connectivity index (χ1v) is 11.8. The number of halogens is 1. The third kappa shape index (κ3) is 4.84. The molecule has 9 nitrogen and oxygen atoms in total. The molecule has 34 heavy (non-hydrogen) atoms. The van der Waals surface area contributed by atoms with Crippen molar-refractivity contribution in [1.29, 1.82) is 0 Å². The molecule has 4 aromatic rings. The second kappa shape index (κ2) is 9.96. The summed E-state index contributed by atoms with van der Waals surface area (Å²) in [5.41, 5.74) is 1.35. The Hall–Kier alpha value is -3.21. The third-order valence-corrected chi connectivity index (χ3v) is 6.60. The van der Waals surface area contributed by atoms with E-state index in [4.69, 9.17) is 16.3 Å². The quantitative estimate of drug-likeness (QED) is 0.302. The SMILES string of the molecule is COC(=O)c1ccc2c(=O)[nH]c(CSc3nnc(C(C)N(C)C)n3-c3ccc(Cl)cc3)nc2c1. The number of thioether (sulfide) groups is 1. The molecule has 176 valence electrons. The van der Waals surface area contributed by atoms with E-state index in [0.717, 1.165) is 11.5 Å². The van der Waals surface area contributed by atoms with E-state index in [1.54, 1.807) is 18.2 Å². The number of aromatic nitrogens is 5. The molecule has 1 N–H and O–H groups in total. The second-order valence-corrected chi connectivity index (χ2v) is 9.20. The van der Waals surface area contributed by atoms with Crippen LogP contribution in [0.2, 0.25) is 5.02 Å². The van der Waals surface area contributed by atoms with Crippen LogP contribution >= 0.6 is 23.4 Å². The van der Waals surface area contributed by atoms with Crippen molar-refractivity contribution in [2.24, 2.45) is 0 Å². The van der Waals surface area contributed by atoms with Gasteiger partial charge in [-0.1, -0.05) is 23.4 Å². The van der Waals surface area contributed by atoms with E-state index in [2.05, 4.69) is 20.2 Å². The van der Waals surface area contributed by atoms with Gasteiger partial charge in [0.25, 0.3) is 5.56 Å². The number of carbonyl (C=O) groups excluding carboxylic acids is 1. The number of benzene rings is 2. The van der Waals surface area contributed by atoms with Crippen molar-refractivity contribution in [3.05, 3.63) is 75.1 Å². The molecule has 0 radical (unpaired) electrons. The predicted molar refractivity (Wildman–Crippen MR) is 132 cm³/mol. The molecule has 2 aromatic carbocycles. The van der Waals surface area contributed by atoms with Gasteiger partial charge >= 0.3 is 5.97 Å². The number of esters is 1. The van der Waals surface area contributed by atoms with Gasteiger partial charge in [0.05, 0.1) is 35.4 Å². The number of fused-ring (bicyclic) bond motifs is 1. The van der Waals surface area contributed by atoms with Crippen LogP contribution in [0.1, 0.15) is 35.0 Å². The minimum atomic E-state index is -0.487. The van der Waals surface area contributed by atoms with Crippen LogP contribution in [0, 0.1) is 0 Å². The van der Waals surface area contributed by atoms with Gasteiger partial charge in [-0.25, -0.2) is 9.78 Å². The highest BCUT2D eigenvalue weighted by Crippen LogP contribution is 2.29. The number of H-pyrrole nitrogens is 1. The van der Waals surface area contributed by atoms with Gasteiger partial charge in [-0.3, -0.25) is 14.3 Å². The number of ether oxygens (including phenoxy) is 1. The Balaban J connectivity index is 1.68. The summed E-state index contributed by atoms with van der Waals surface area (Å²) in [7, 11) is 5.26. The maximum Gasteiger partial charge on any atom is 0.337 e. The van der Waals surface area contributed by atoms with Crippen molar-refractivity contribution in [3.8, 4) is 5.69 Å². The molecule has 1 atom stereocenters. The van der Waals surface area contributed by atoms with Crippen molar-refractivity contribution in [2.75, 3.05) is 21.2 Å². The summed E-state index contributed by atoms with van der Waals surface area (Å²) in [5.74, 6) is 1.09. The lowest BCUT2D eigenvalue weighted by Crippen LogP contribution is -2.20. The van der Waals surface area contributed by atoms with E-state index in [9.17, 15) is 9.59 Å². The average Bonchev–Trinajstić information content (AvgIpc) is 3.25. The molecule has 0 aliphatic rings. The van der Waals surface area contributed by atoms with E-state index in [-0.39, 0.29) is 11.6 Å². The van der Waals surface area contributed by atoms with Gasteiger partial charge in [-0.2, -0.15) is 0 Å². The predicted octanol–water partition coefficient (Wildman–Crippen LogP) is 3.86. The minimum Gasteiger partial charge on any atom is -0.465 e. The van der Waals surface area contributed by atoms with Crippen molar-refractivity contribution in [3.63, 3.8) is 0 Å². The maximum absolute atomic E-state index is 12.6. The highest BCUT2D eigenvalue weighted by atomic mass is 35.5. The lowest BCUT2D eigenvalue weighted by atomic mass is 10.1. The van der Waals surface area contributed by atoms with Crippen LogP contribution in [0.25, 0.3) is 16.6 Å². The molecule has 0 saturated heterocycles. The zero-order valence-electron chi connectivity index (χ0n) is 19.1. The monoisotopic (exact) mass is 498 g/mol. The van der Waals surface area contributed by atoms with Gasteiger partial charge in [0.1, 0.15) is 5.82 Å². The fourth-order valence-corrected chi connectivity index (χ4v) is 4.30. The van der Waals surface area contributed by atoms with E-state index in [0.29, 0.717) is 38.2 Å². The molecule has 0 fully saturated rings. The smallest absolute Gasteiger partial charge is 0.337 e. The maximum atomic E-state index is 12.6. The molecule has 1 unspecified atom stereocenters. The zero-order chi connectivity index (χ0) is 24.4. The highest BCUT2D eigenvalue weighted by molar-refractivity contribution is 7.98. The number of nitrogens with one attached hydrogen (secondary N) is 1. The molecule has 0 bridgehead atoms. The molecule has 0 amide bonds. The number of aromatic amines is 1. The molecule has 0 aliphatic carbocycles. The summed E-state index contributed by atoms with van der Waals surface area (Å²) in [6.07, 6.45) is 0. The standard InChI is InChI=1S/C23H23ClN6O3S/c1-13(29(2)3)20-27-28-23(30(20)16-8-6-15(24)7-9-16)34-12-19-25-18-11-14(22(32)33-4)5-10-17(18)21(31)26-19/h5-11,13H,12H2,1-4H3,(H,25,26,31). The average molecular weight is 499 g/mol. The van der Waals surface area contributed by atoms with Crippen LogP contribution < -0.4 is 5.56 Å². The summed E-state index contributed by atoms with van der Waals surface area (Å²) in [5, 5.41) is 10.5. The fraction of sp³-hybridized carbons (Fsp3) is 0.261. The Kier molecular flexibility index (Phi) is 7.01. The molecule has 0 aliphatic heterocycles. The fourth-order valence-electron chi connectivity index (χ4n) is 3.34. The van der Waals surface area contributed by atoms with Crippen LogP contribution in [0.4, 0.5) is 0 Å². The summed E-state index contributed by atoms with van der Waals surface area (Å²) >= 11 is 7.48. The number of hydrogen-bond acceptors (Lipinski definition) is 8. The Morgan fingerprint density at radius 1 is 1.21 bits per heavy atom. The van der Waals surface area contributed by atoms with Crippen LogP contribution in [-0.4, -0.2) is 56.8 Å². The Morgan fingerprint density at radius 3 is 2.62 bits per heavy atom. The normalized spacial score (nSPS) is 12.3. The number of nitrogens with zero attached hydrogens (tertiary/aromatic N) is 5. The molecular weight excluding hydrogens is 476 g/mol. The first kappa shape index (κ1) is 23.9. The largest absolute Gasteiger partial charge is 0.465 e. The van der Waals surface area contributed by atoms with Gasteiger partial charge in [-0.15, -0.1) is 10.2 Å². The van der Waals surface area contributed by atoms with E-state index in [1.807, 2.05) is 54.8 Å². The zero-order valence-corrected chi connectivity index (χ0v) is 20.6. The molecule has 0 saturated carbocycles. The second-order valence-electron chi connectivity index (χ2n) is 7.82. The van der Waals surface area contributed by atoms with Gasteiger partial charge in [0, 0.05) is 10.7 Å². The van der Waals surface area contributed by atoms with Crippen molar-refractivity contribution in [1.82, 2.24) is 29.6 Å². The van der Waals surface area contributed by atoms with Gasteiger partial charge in [0.15, 0.2) is 11.0 Å². The first-order chi connectivity index (χ1) is 16.3. The van der Waals surface area contributed by atoms with Gasteiger partial charge in [0.2, 0.25) is 0 Å².